The number of carbonyl (C=O) groups excluding carboxylic acids is 1. The van der Waals surface area contributed by atoms with Gasteiger partial charge in [-0.1, -0.05) is 29.4 Å². The first-order valence-corrected chi connectivity index (χ1v) is 9.04. The number of nitrogens with zero attached hydrogens (tertiary/aromatic N) is 1. The largest absolute Gasteiger partial charge is 0.491 e. The van der Waals surface area contributed by atoms with Crippen LogP contribution in [0.4, 0.5) is 0 Å². The van der Waals surface area contributed by atoms with E-state index in [9.17, 15) is 4.79 Å². The van der Waals surface area contributed by atoms with Gasteiger partial charge in [-0.15, -0.1) is 11.3 Å². The van der Waals surface area contributed by atoms with E-state index in [0.717, 1.165) is 27.5 Å². The van der Waals surface area contributed by atoms with Crippen molar-refractivity contribution in [3.63, 3.8) is 0 Å². The molecule has 1 atom stereocenters. The summed E-state index contributed by atoms with van der Waals surface area (Å²) in [6.45, 7) is 8.04. The number of thiophene rings is 1. The molecule has 25 heavy (non-hydrogen) atoms. The Labute approximate surface area is 152 Å². The van der Waals surface area contributed by atoms with Crippen LogP contribution in [0.5, 0.6) is 5.75 Å². The second kappa shape index (κ2) is 9.22. The van der Waals surface area contributed by atoms with Gasteiger partial charge >= 0.3 is 0 Å². The van der Waals surface area contributed by atoms with Gasteiger partial charge in [0.1, 0.15) is 12.4 Å². The highest BCUT2D eigenvalue weighted by Gasteiger charge is 2.10. The first-order valence-electron chi connectivity index (χ1n) is 8.16. The van der Waals surface area contributed by atoms with Crippen molar-refractivity contribution in [1.29, 1.82) is 0 Å². The molecule has 0 saturated carbocycles. The number of amides is 1. The van der Waals surface area contributed by atoms with Crippen LogP contribution in [-0.4, -0.2) is 30.9 Å². The fraction of sp³-hybridized carbons (Fsp3) is 0.368. The van der Waals surface area contributed by atoms with E-state index in [4.69, 9.17) is 9.57 Å². The molecule has 0 fully saturated rings. The number of hydrogen-bond acceptors (Lipinski definition) is 5. The summed E-state index contributed by atoms with van der Waals surface area (Å²) < 4.78 is 5.84. The zero-order chi connectivity index (χ0) is 18.2. The highest BCUT2D eigenvalue weighted by molar-refractivity contribution is 7.12. The van der Waals surface area contributed by atoms with E-state index in [1.807, 2.05) is 63.4 Å². The molecule has 1 heterocycles. The van der Waals surface area contributed by atoms with E-state index in [2.05, 4.69) is 10.5 Å². The average molecular weight is 360 g/mol. The van der Waals surface area contributed by atoms with Crippen molar-refractivity contribution in [3.8, 4) is 5.75 Å². The average Bonchev–Trinajstić information content (AvgIpc) is 3.08. The summed E-state index contributed by atoms with van der Waals surface area (Å²) in [5.41, 5.74) is 2.93. The molecule has 6 heteroatoms. The zero-order valence-corrected chi connectivity index (χ0v) is 15.9. The minimum atomic E-state index is -0.222. The molecule has 0 aliphatic rings. The second-order valence-corrected chi connectivity index (χ2v) is 6.88. The van der Waals surface area contributed by atoms with Crippen molar-refractivity contribution in [2.45, 2.75) is 33.7 Å². The van der Waals surface area contributed by atoms with Crippen LogP contribution in [0.2, 0.25) is 0 Å². The lowest BCUT2D eigenvalue weighted by Gasteiger charge is -2.17. The molecular weight excluding hydrogens is 336 g/mol. The number of hydrogen-bond donors (Lipinski definition) is 1. The predicted octanol–water partition coefficient (Wildman–Crippen LogP) is 3.69. The normalized spacial score (nSPS) is 12.6. The van der Waals surface area contributed by atoms with E-state index in [0.29, 0.717) is 6.61 Å². The van der Waals surface area contributed by atoms with E-state index in [1.165, 1.54) is 0 Å². The van der Waals surface area contributed by atoms with E-state index in [-0.39, 0.29) is 18.6 Å². The van der Waals surface area contributed by atoms with E-state index < -0.39 is 0 Å². The standard InChI is InChI=1S/C19H24N2O3S/c1-13-7-5-8-14(2)19(13)23-11-15(3)20-18(22)12-24-21-16(4)17-9-6-10-25-17/h5-10,15H,11-12H2,1-4H3,(H,20,22). The van der Waals surface area contributed by atoms with Crippen LogP contribution in [0.15, 0.2) is 40.9 Å². The third kappa shape index (κ3) is 5.90. The lowest BCUT2D eigenvalue weighted by atomic mass is 10.1. The van der Waals surface area contributed by atoms with Crippen molar-refractivity contribution in [3.05, 3.63) is 51.7 Å². The van der Waals surface area contributed by atoms with E-state index >= 15 is 0 Å². The maximum Gasteiger partial charge on any atom is 0.261 e. The Morgan fingerprint density at radius 3 is 2.60 bits per heavy atom. The van der Waals surface area contributed by atoms with Gasteiger partial charge in [-0.2, -0.15) is 0 Å². The molecule has 2 rings (SSSR count). The molecule has 2 aromatic rings. The monoisotopic (exact) mass is 360 g/mol. The third-order valence-electron chi connectivity index (χ3n) is 3.57. The van der Waals surface area contributed by atoms with Gasteiger partial charge in [0.2, 0.25) is 0 Å². The first kappa shape index (κ1) is 19.0. The van der Waals surface area contributed by atoms with Gasteiger partial charge in [-0.3, -0.25) is 4.79 Å². The molecule has 1 aromatic heterocycles. The van der Waals surface area contributed by atoms with Gasteiger partial charge in [-0.25, -0.2) is 0 Å². The number of ether oxygens (including phenoxy) is 1. The Hall–Kier alpha value is -2.34. The lowest BCUT2D eigenvalue weighted by Crippen LogP contribution is -2.38. The number of oxime groups is 1. The summed E-state index contributed by atoms with van der Waals surface area (Å²) in [4.78, 5) is 18.1. The van der Waals surface area contributed by atoms with Gasteiger partial charge in [0.25, 0.3) is 5.91 Å². The quantitative estimate of drug-likeness (QED) is 0.577. The number of benzene rings is 1. The Bertz CT molecular complexity index is 706. The Morgan fingerprint density at radius 1 is 1.24 bits per heavy atom. The molecule has 1 unspecified atom stereocenters. The summed E-state index contributed by atoms with van der Waals surface area (Å²) >= 11 is 1.58. The van der Waals surface area contributed by atoms with Crippen LogP contribution in [0.3, 0.4) is 0 Å². The van der Waals surface area contributed by atoms with Gasteiger partial charge < -0.3 is 14.9 Å². The highest BCUT2D eigenvalue weighted by Crippen LogP contribution is 2.22. The molecule has 1 aromatic carbocycles. The molecule has 0 spiro atoms. The number of carbonyl (C=O) groups is 1. The van der Waals surface area contributed by atoms with Crippen molar-refractivity contribution >= 4 is 23.0 Å². The number of rotatable bonds is 8. The van der Waals surface area contributed by atoms with Gasteiger partial charge in [0.15, 0.2) is 6.61 Å². The fourth-order valence-electron chi connectivity index (χ4n) is 2.31. The number of para-hydroxylation sites is 1. The molecule has 0 saturated heterocycles. The van der Waals surface area contributed by atoms with Crippen molar-refractivity contribution in [1.82, 2.24) is 5.32 Å². The van der Waals surface area contributed by atoms with Crippen LogP contribution >= 0.6 is 11.3 Å². The molecule has 1 amide bonds. The minimum Gasteiger partial charge on any atom is -0.491 e. The van der Waals surface area contributed by atoms with Crippen LogP contribution in [0, 0.1) is 13.8 Å². The molecule has 0 bridgehead atoms. The Balaban J connectivity index is 1.74. The molecule has 0 radical (unpaired) electrons. The Kier molecular flexibility index (Phi) is 7.01. The number of aryl methyl sites for hydroxylation is 2. The van der Waals surface area contributed by atoms with Crippen LogP contribution in [0.25, 0.3) is 0 Å². The molecule has 1 N–H and O–H groups in total. The summed E-state index contributed by atoms with van der Waals surface area (Å²) in [6.07, 6.45) is 0. The molecule has 0 aliphatic heterocycles. The smallest absolute Gasteiger partial charge is 0.261 e. The SMILES string of the molecule is CC(=NOCC(=O)NC(C)COc1c(C)cccc1C)c1cccs1. The van der Waals surface area contributed by atoms with Crippen LogP contribution in [-0.2, 0) is 9.63 Å². The summed E-state index contributed by atoms with van der Waals surface area (Å²) in [6, 6.07) is 9.79. The maximum atomic E-state index is 11.9. The topological polar surface area (TPSA) is 59.9 Å². The van der Waals surface area contributed by atoms with Gasteiger partial charge in [-0.05, 0) is 50.3 Å². The van der Waals surface area contributed by atoms with Gasteiger partial charge in [0.05, 0.1) is 16.6 Å². The molecular formula is C19H24N2O3S. The molecule has 5 nitrogen and oxygen atoms in total. The molecule has 134 valence electrons. The van der Waals surface area contributed by atoms with E-state index in [1.54, 1.807) is 11.3 Å². The third-order valence-corrected chi connectivity index (χ3v) is 4.55. The zero-order valence-electron chi connectivity index (χ0n) is 15.0. The maximum absolute atomic E-state index is 11.9. The summed E-state index contributed by atoms with van der Waals surface area (Å²) in [7, 11) is 0. The highest BCUT2D eigenvalue weighted by atomic mass is 32.1. The second-order valence-electron chi connectivity index (χ2n) is 5.93. The van der Waals surface area contributed by atoms with Crippen molar-refractivity contribution < 1.29 is 14.4 Å². The van der Waals surface area contributed by atoms with Crippen molar-refractivity contribution in [2.24, 2.45) is 5.16 Å². The Morgan fingerprint density at radius 2 is 1.96 bits per heavy atom. The summed E-state index contributed by atoms with van der Waals surface area (Å²) in [5, 5.41) is 8.78. The van der Waals surface area contributed by atoms with Crippen molar-refractivity contribution in [2.75, 3.05) is 13.2 Å². The minimum absolute atomic E-state index is 0.115. The fourth-order valence-corrected chi connectivity index (χ4v) is 2.98. The predicted molar refractivity (Wildman–Crippen MR) is 101 cm³/mol. The summed E-state index contributed by atoms with van der Waals surface area (Å²) in [5.74, 6) is 0.649. The van der Waals surface area contributed by atoms with Gasteiger partial charge in [0, 0.05) is 0 Å². The molecule has 0 aliphatic carbocycles. The lowest BCUT2D eigenvalue weighted by molar-refractivity contribution is -0.126. The first-order chi connectivity index (χ1) is 12.0. The van der Waals surface area contributed by atoms with Crippen LogP contribution in [0.1, 0.15) is 29.9 Å². The number of nitrogens with one attached hydrogen (secondary N) is 1. The van der Waals surface area contributed by atoms with Crippen LogP contribution < -0.4 is 10.1 Å².